The molecule has 4 nitrogen and oxygen atoms in total. The summed E-state index contributed by atoms with van der Waals surface area (Å²) >= 11 is 0. The van der Waals surface area contributed by atoms with Crippen molar-refractivity contribution in [2.45, 2.75) is 18.2 Å². The number of pyridine rings is 1. The maximum Gasteiger partial charge on any atom is 0.265 e. The number of alkyl halides is 2. The van der Waals surface area contributed by atoms with Crippen LogP contribution in [-0.2, 0) is 9.05 Å². The van der Waals surface area contributed by atoms with E-state index in [0.717, 1.165) is 6.07 Å². The Kier molecular flexibility index (Phi) is 3.15. The van der Waals surface area contributed by atoms with E-state index in [0.29, 0.717) is 0 Å². The highest BCUT2D eigenvalue weighted by molar-refractivity contribution is 8.13. The monoisotopic (exact) mass is 256 g/mol. The summed E-state index contributed by atoms with van der Waals surface area (Å²) in [4.78, 5) is 2.89. The van der Waals surface area contributed by atoms with Crippen molar-refractivity contribution in [1.29, 1.82) is 0 Å². The van der Waals surface area contributed by atoms with Crippen LogP contribution in [0.3, 0.4) is 0 Å². The fourth-order valence-corrected chi connectivity index (χ4v) is 2.62. The summed E-state index contributed by atoms with van der Waals surface area (Å²) in [5.74, 6) is -0.174. The molecule has 0 unspecified atom stereocenters. The van der Waals surface area contributed by atoms with Gasteiger partial charge in [0.15, 0.2) is 0 Å². The molecule has 0 aromatic carbocycles. The first-order valence-electron chi connectivity index (χ1n) is 3.73. The van der Waals surface area contributed by atoms with E-state index in [1.165, 1.54) is 6.92 Å². The van der Waals surface area contributed by atoms with E-state index in [9.17, 15) is 17.2 Å². The van der Waals surface area contributed by atoms with Crippen LogP contribution in [0.1, 0.15) is 17.7 Å². The van der Waals surface area contributed by atoms with Crippen LogP contribution in [0.15, 0.2) is 11.0 Å². The lowest BCUT2D eigenvalue weighted by molar-refractivity contribution is 0.147. The first-order chi connectivity index (χ1) is 6.73. The molecule has 1 rings (SSSR count). The lowest BCUT2D eigenvalue weighted by Crippen LogP contribution is -2.06. The van der Waals surface area contributed by atoms with Crippen LogP contribution in [-0.4, -0.2) is 13.4 Å². The Hall–Kier alpha value is -0.950. The predicted molar refractivity (Wildman–Crippen MR) is 51.4 cm³/mol. The number of hydrogen-bond donors (Lipinski definition) is 1. The molecule has 0 radical (unpaired) electrons. The zero-order chi connectivity index (χ0) is 11.8. The molecule has 8 heteroatoms. The van der Waals surface area contributed by atoms with E-state index >= 15 is 0 Å². The van der Waals surface area contributed by atoms with Crippen LogP contribution in [0, 0.1) is 6.92 Å². The van der Waals surface area contributed by atoms with Gasteiger partial charge in [0, 0.05) is 16.2 Å². The van der Waals surface area contributed by atoms with E-state index in [1.807, 2.05) is 0 Å². The second-order valence-electron chi connectivity index (χ2n) is 2.79. The quantitative estimate of drug-likeness (QED) is 0.820. The molecule has 84 valence electrons. The van der Waals surface area contributed by atoms with Gasteiger partial charge in [-0.15, -0.1) is 0 Å². The number of nitrogen functional groups attached to an aromatic ring is 1. The number of halogens is 3. The maximum absolute atomic E-state index is 12.5. The minimum atomic E-state index is -4.25. The molecule has 0 amide bonds. The number of hydrogen-bond acceptors (Lipinski definition) is 4. The van der Waals surface area contributed by atoms with Crippen molar-refractivity contribution >= 4 is 25.6 Å². The SMILES string of the molecule is Cc1nc(N)cc(C(F)F)c1S(=O)(=O)Cl. The fourth-order valence-electron chi connectivity index (χ4n) is 1.19. The Labute approximate surface area is 89.5 Å². The third kappa shape index (κ3) is 2.54. The summed E-state index contributed by atoms with van der Waals surface area (Å²) in [5, 5.41) is 0. The Morgan fingerprint density at radius 2 is 2.07 bits per heavy atom. The molecule has 0 aliphatic carbocycles. The molecule has 1 aromatic heterocycles. The normalized spacial score (nSPS) is 12.1. The van der Waals surface area contributed by atoms with Gasteiger partial charge < -0.3 is 5.73 Å². The molecular weight excluding hydrogens is 250 g/mol. The largest absolute Gasteiger partial charge is 0.384 e. The molecular formula is C7H7ClF2N2O2S. The average Bonchev–Trinajstić information content (AvgIpc) is 1.99. The molecule has 0 bridgehead atoms. The van der Waals surface area contributed by atoms with E-state index < -0.39 is 25.9 Å². The van der Waals surface area contributed by atoms with Crippen molar-refractivity contribution in [2.24, 2.45) is 0 Å². The lowest BCUT2D eigenvalue weighted by atomic mass is 10.2. The topological polar surface area (TPSA) is 73.0 Å². The van der Waals surface area contributed by atoms with Gasteiger partial charge in [0.25, 0.3) is 15.5 Å². The highest BCUT2D eigenvalue weighted by atomic mass is 35.7. The highest BCUT2D eigenvalue weighted by Crippen LogP contribution is 2.31. The predicted octanol–water partition coefficient (Wildman–Crippen LogP) is 1.84. The fraction of sp³-hybridized carbons (Fsp3) is 0.286. The second kappa shape index (κ2) is 3.90. The molecule has 0 fully saturated rings. The zero-order valence-electron chi connectivity index (χ0n) is 7.54. The van der Waals surface area contributed by atoms with Crippen LogP contribution >= 0.6 is 10.7 Å². The zero-order valence-corrected chi connectivity index (χ0v) is 9.11. The van der Waals surface area contributed by atoms with E-state index in [-0.39, 0.29) is 11.5 Å². The Morgan fingerprint density at radius 3 is 2.47 bits per heavy atom. The average molecular weight is 257 g/mol. The van der Waals surface area contributed by atoms with Crippen LogP contribution in [0.2, 0.25) is 0 Å². The van der Waals surface area contributed by atoms with Gasteiger partial charge in [-0.25, -0.2) is 22.2 Å². The minimum Gasteiger partial charge on any atom is -0.384 e. The third-order valence-corrected chi connectivity index (χ3v) is 3.15. The van der Waals surface area contributed by atoms with Crippen molar-refractivity contribution in [1.82, 2.24) is 4.98 Å². The van der Waals surface area contributed by atoms with Crippen molar-refractivity contribution in [3.05, 3.63) is 17.3 Å². The Morgan fingerprint density at radius 1 is 1.53 bits per heavy atom. The maximum atomic E-state index is 12.5. The molecule has 0 saturated heterocycles. The molecule has 0 aliphatic heterocycles. The summed E-state index contributed by atoms with van der Waals surface area (Å²) < 4.78 is 47.1. The van der Waals surface area contributed by atoms with Crippen LogP contribution < -0.4 is 5.73 Å². The standard InChI is InChI=1S/C7H7ClF2N2O2S/c1-3-6(15(8,13)14)4(7(9)10)2-5(11)12-3/h2,7H,1H3,(H2,11,12). The van der Waals surface area contributed by atoms with E-state index in [2.05, 4.69) is 4.98 Å². The Bertz CT molecular complexity index is 490. The van der Waals surface area contributed by atoms with Gasteiger partial charge in [0.2, 0.25) is 0 Å². The molecule has 15 heavy (non-hydrogen) atoms. The smallest absolute Gasteiger partial charge is 0.265 e. The molecule has 1 aromatic rings. The van der Waals surface area contributed by atoms with Gasteiger partial charge in [0.1, 0.15) is 10.7 Å². The molecule has 0 saturated carbocycles. The van der Waals surface area contributed by atoms with Crippen LogP contribution in [0.25, 0.3) is 0 Å². The molecule has 0 spiro atoms. The van der Waals surface area contributed by atoms with Crippen LogP contribution in [0.5, 0.6) is 0 Å². The summed E-state index contributed by atoms with van der Waals surface area (Å²) in [7, 11) is 0.772. The van der Waals surface area contributed by atoms with Crippen molar-refractivity contribution in [3.63, 3.8) is 0 Å². The van der Waals surface area contributed by atoms with Gasteiger partial charge in [0.05, 0.1) is 5.69 Å². The van der Waals surface area contributed by atoms with Crippen LogP contribution in [0.4, 0.5) is 14.6 Å². The molecule has 2 N–H and O–H groups in total. The molecule has 0 atom stereocenters. The van der Waals surface area contributed by atoms with E-state index in [1.54, 1.807) is 0 Å². The summed E-state index contributed by atoms with van der Waals surface area (Å²) in [6, 6.07) is 0.799. The minimum absolute atomic E-state index is 0.139. The van der Waals surface area contributed by atoms with Crippen molar-refractivity contribution < 1.29 is 17.2 Å². The second-order valence-corrected chi connectivity index (χ2v) is 5.29. The first-order valence-corrected chi connectivity index (χ1v) is 6.04. The molecule has 0 aliphatic rings. The van der Waals surface area contributed by atoms with Crippen molar-refractivity contribution in [2.75, 3.05) is 5.73 Å². The number of nitrogens with zero attached hydrogens (tertiary/aromatic N) is 1. The van der Waals surface area contributed by atoms with Gasteiger partial charge >= 0.3 is 0 Å². The molecule has 1 heterocycles. The van der Waals surface area contributed by atoms with Gasteiger partial charge in [-0.2, -0.15) is 0 Å². The van der Waals surface area contributed by atoms with E-state index in [4.69, 9.17) is 16.4 Å². The number of nitrogens with two attached hydrogens (primary N) is 1. The number of anilines is 1. The van der Waals surface area contributed by atoms with Crippen molar-refractivity contribution in [3.8, 4) is 0 Å². The number of aryl methyl sites for hydroxylation is 1. The lowest BCUT2D eigenvalue weighted by Gasteiger charge is -2.09. The summed E-state index contributed by atoms with van der Waals surface area (Å²) in [6.45, 7) is 1.25. The highest BCUT2D eigenvalue weighted by Gasteiger charge is 2.25. The first kappa shape index (κ1) is 12.1. The third-order valence-electron chi connectivity index (χ3n) is 1.67. The van der Waals surface area contributed by atoms with Gasteiger partial charge in [-0.3, -0.25) is 0 Å². The summed E-state index contributed by atoms with van der Waals surface area (Å²) in [6.07, 6.45) is -2.97. The summed E-state index contributed by atoms with van der Waals surface area (Å²) in [5.41, 5.74) is 4.36. The van der Waals surface area contributed by atoms with Gasteiger partial charge in [-0.1, -0.05) is 0 Å². The number of rotatable bonds is 2. The number of aromatic nitrogens is 1. The Balaban J connectivity index is 3.62. The van der Waals surface area contributed by atoms with Gasteiger partial charge in [-0.05, 0) is 13.0 Å².